The Kier molecular flexibility index (Phi) is 3.13. The molecule has 1 atom stereocenters. The van der Waals surface area contributed by atoms with Crippen molar-refractivity contribution in [3.05, 3.63) is 29.3 Å². The third kappa shape index (κ3) is 2.46. The molecule has 90 valence electrons. The smallest absolute Gasteiger partial charge is 0.303 e. The predicted octanol–water partition coefficient (Wildman–Crippen LogP) is 2.29. The van der Waals surface area contributed by atoms with E-state index >= 15 is 0 Å². The van der Waals surface area contributed by atoms with E-state index in [0.29, 0.717) is 12.8 Å². The fourth-order valence-corrected chi connectivity index (χ4v) is 2.29. The van der Waals surface area contributed by atoms with E-state index in [0.717, 1.165) is 16.8 Å². The molecule has 1 aromatic rings. The minimum absolute atomic E-state index is 0.0339. The number of aliphatic carboxylic acids is 1. The fourth-order valence-electron chi connectivity index (χ4n) is 2.29. The number of carboxylic acid groups (broad SMARTS) is 1. The monoisotopic (exact) mass is 233 g/mol. The van der Waals surface area contributed by atoms with Crippen LogP contribution < -0.4 is 5.32 Å². The van der Waals surface area contributed by atoms with Gasteiger partial charge in [-0.15, -0.1) is 0 Å². The Balaban J connectivity index is 2.42. The van der Waals surface area contributed by atoms with Crippen LogP contribution in [-0.2, 0) is 9.59 Å². The lowest BCUT2D eigenvalue weighted by atomic mass is 9.90. The van der Waals surface area contributed by atoms with Gasteiger partial charge in [0.05, 0.1) is 6.42 Å². The highest BCUT2D eigenvalue weighted by Crippen LogP contribution is 2.35. The SMILES string of the molecule is Cc1cccc2c1NC(=O)CCC2CC(=O)O. The molecule has 1 aromatic carbocycles. The van der Waals surface area contributed by atoms with Crippen LogP contribution in [0.15, 0.2) is 18.2 Å². The molecule has 1 aliphatic rings. The molecule has 4 heteroatoms. The van der Waals surface area contributed by atoms with Gasteiger partial charge in [-0.2, -0.15) is 0 Å². The first kappa shape index (κ1) is 11.6. The summed E-state index contributed by atoms with van der Waals surface area (Å²) in [5.74, 6) is -0.938. The molecule has 17 heavy (non-hydrogen) atoms. The Labute approximate surface area is 99.6 Å². The number of rotatable bonds is 2. The van der Waals surface area contributed by atoms with Crippen LogP contribution in [0.3, 0.4) is 0 Å². The first-order chi connectivity index (χ1) is 8.08. The van der Waals surface area contributed by atoms with Crippen LogP contribution in [0.5, 0.6) is 0 Å². The molecule has 0 bridgehead atoms. The third-order valence-electron chi connectivity index (χ3n) is 3.15. The maximum atomic E-state index is 11.6. The van der Waals surface area contributed by atoms with Crippen molar-refractivity contribution in [3.8, 4) is 0 Å². The highest BCUT2D eigenvalue weighted by molar-refractivity contribution is 5.93. The average molecular weight is 233 g/mol. The zero-order chi connectivity index (χ0) is 12.4. The Morgan fingerprint density at radius 2 is 2.29 bits per heavy atom. The number of fused-ring (bicyclic) bond motifs is 1. The lowest BCUT2D eigenvalue weighted by molar-refractivity contribution is -0.137. The van der Waals surface area contributed by atoms with Crippen LogP contribution in [-0.4, -0.2) is 17.0 Å². The van der Waals surface area contributed by atoms with Crippen LogP contribution in [0.4, 0.5) is 5.69 Å². The van der Waals surface area contributed by atoms with Gasteiger partial charge in [-0.05, 0) is 30.4 Å². The molecule has 0 aromatic heterocycles. The van der Waals surface area contributed by atoms with Gasteiger partial charge >= 0.3 is 5.97 Å². The molecular formula is C13H15NO3. The van der Waals surface area contributed by atoms with Crippen molar-refractivity contribution in [3.63, 3.8) is 0 Å². The van der Waals surface area contributed by atoms with E-state index in [4.69, 9.17) is 5.11 Å². The zero-order valence-electron chi connectivity index (χ0n) is 9.69. The molecule has 0 aliphatic carbocycles. The number of carbonyl (C=O) groups is 2. The first-order valence-corrected chi connectivity index (χ1v) is 5.69. The molecular weight excluding hydrogens is 218 g/mol. The highest BCUT2D eigenvalue weighted by atomic mass is 16.4. The normalized spacial score (nSPS) is 19.1. The van der Waals surface area contributed by atoms with Crippen LogP contribution in [0.2, 0.25) is 0 Å². The summed E-state index contributed by atoms with van der Waals surface area (Å²) in [7, 11) is 0. The van der Waals surface area contributed by atoms with E-state index in [9.17, 15) is 9.59 Å². The Hall–Kier alpha value is -1.84. The zero-order valence-corrected chi connectivity index (χ0v) is 9.69. The van der Waals surface area contributed by atoms with Gasteiger partial charge in [0.15, 0.2) is 0 Å². The maximum Gasteiger partial charge on any atom is 0.303 e. The molecule has 1 heterocycles. The maximum absolute atomic E-state index is 11.6. The second-order valence-electron chi connectivity index (χ2n) is 4.42. The van der Waals surface area contributed by atoms with E-state index in [1.807, 2.05) is 25.1 Å². The number of hydrogen-bond donors (Lipinski definition) is 2. The molecule has 0 saturated heterocycles. The molecule has 2 rings (SSSR count). The van der Waals surface area contributed by atoms with E-state index < -0.39 is 5.97 Å². The number of para-hydroxylation sites is 1. The topological polar surface area (TPSA) is 66.4 Å². The van der Waals surface area contributed by atoms with Crippen molar-refractivity contribution in [2.75, 3.05) is 5.32 Å². The minimum atomic E-state index is -0.822. The van der Waals surface area contributed by atoms with E-state index in [1.54, 1.807) is 0 Å². The molecule has 0 radical (unpaired) electrons. The van der Waals surface area contributed by atoms with Gasteiger partial charge in [-0.1, -0.05) is 18.2 Å². The van der Waals surface area contributed by atoms with Crippen molar-refractivity contribution in [2.24, 2.45) is 0 Å². The van der Waals surface area contributed by atoms with Crippen molar-refractivity contribution in [1.82, 2.24) is 0 Å². The van der Waals surface area contributed by atoms with Gasteiger partial charge in [0.1, 0.15) is 0 Å². The number of aryl methyl sites for hydroxylation is 1. The molecule has 4 nitrogen and oxygen atoms in total. The van der Waals surface area contributed by atoms with Gasteiger partial charge in [0.25, 0.3) is 0 Å². The average Bonchev–Trinajstić information content (AvgIpc) is 2.40. The van der Waals surface area contributed by atoms with Crippen LogP contribution in [0.1, 0.15) is 36.3 Å². The Morgan fingerprint density at radius 1 is 1.53 bits per heavy atom. The van der Waals surface area contributed by atoms with Crippen molar-refractivity contribution in [1.29, 1.82) is 0 Å². The number of amides is 1. The molecule has 0 fully saturated rings. The standard InChI is InChI=1S/C13H15NO3/c1-8-3-2-4-10-9(7-12(16)17)5-6-11(15)14-13(8)10/h2-4,9H,5-7H2,1H3,(H,14,15)(H,16,17). The number of anilines is 1. The van der Waals surface area contributed by atoms with Crippen molar-refractivity contribution >= 4 is 17.6 Å². The summed E-state index contributed by atoms with van der Waals surface area (Å²) in [6.07, 6.45) is 1.05. The molecule has 1 unspecified atom stereocenters. The Bertz CT molecular complexity index is 468. The second-order valence-corrected chi connectivity index (χ2v) is 4.42. The van der Waals surface area contributed by atoms with Crippen LogP contribution >= 0.6 is 0 Å². The van der Waals surface area contributed by atoms with E-state index in [2.05, 4.69) is 5.32 Å². The first-order valence-electron chi connectivity index (χ1n) is 5.69. The quantitative estimate of drug-likeness (QED) is 0.823. The molecule has 0 saturated carbocycles. The van der Waals surface area contributed by atoms with Crippen LogP contribution in [0.25, 0.3) is 0 Å². The molecule has 1 aliphatic heterocycles. The highest BCUT2D eigenvalue weighted by Gasteiger charge is 2.24. The summed E-state index contributed by atoms with van der Waals surface area (Å²) >= 11 is 0. The van der Waals surface area contributed by atoms with Crippen LogP contribution in [0, 0.1) is 6.92 Å². The molecule has 0 spiro atoms. The van der Waals surface area contributed by atoms with Gasteiger partial charge in [-0.25, -0.2) is 0 Å². The van der Waals surface area contributed by atoms with Crippen molar-refractivity contribution < 1.29 is 14.7 Å². The minimum Gasteiger partial charge on any atom is -0.481 e. The number of carbonyl (C=O) groups excluding carboxylic acids is 1. The largest absolute Gasteiger partial charge is 0.481 e. The summed E-state index contributed by atoms with van der Waals surface area (Å²) in [5.41, 5.74) is 2.72. The second kappa shape index (κ2) is 4.57. The van der Waals surface area contributed by atoms with Gasteiger partial charge < -0.3 is 10.4 Å². The number of benzene rings is 1. The molecule has 1 amide bonds. The summed E-state index contributed by atoms with van der Waals surface area (Å²) in [6.45, 7) is 1.92. The van der Waals surface area contributed by atoms with E-state index in [-0.39, 0.29) is 18.2 Å². The summed E-state index contributed by atoms with van der Waals surface area (Å²) < 4.78 is 0. The lowest BCUT2D eigenvalue weighted by Crippen LogP contribution is -2.10. The van der Waals surface area contributed by atoms with Crippen molar-refractivity contribution in [2.45, 2.75) is 32.1 Å². The Morgan fingerprint density at radius 3 is 3.00 bits per heavy atom. The van der Waals surface area contributed by atoms with Gasteiger partial charge in [0.2, 0.25) is 5.91 Å². The van der Waals surface area contributed by atoms with E-state index in [1.165, 1.54) is 0 Å². The lowest BCUT2D eigenvalue weighted by Gasteiger charge is -2.16. The molecule has 2 N–H and O–H groups in total. The van der Waals surface area contributed by atoms with Gasteiger partial charge in [-0.3, -0.25) is 9.59 Å². The third-order valence-corrected chi connectivity index (χ3v) is 3.15. The van der Waals surface area contributed by atoms with Gasteiger partial charge in [0, 0.05) is 12.1 Å². The summed E-state index contributed by atoms with van der Waals surface area (Å²) in [4.78, 5) is 22.4. The summed E-state index contributed by atoms with van der Waals surface area (Å²) in [6, 6.07) is 5.73. The summed E-state index contributed by atoms with van der Waals surface area (Å²) in [5, 5.41) is 11.8. The number of hydrogen-bond acceptors (Lipinski definition) is 2. The number of nitrogens with one attached hydrogen (secondary N) is 1. The number of carboxylic acids is 1. The predicted molar refractivity (Wildman–Crippen MR) is 64.0 cm³/mol. The fraction of sp³-hybridized carbons (Fsp3) is 0.385.